The van der Waals surface area contributed by atoms with Gasteiger partial charge in [-0.2, -0.15) is 0 Å². The monoisotopic (exact) mass is 368 g/mol. The van der Waals surface area contributed by atoms with Crippen LogP contribution in [-0.2, 0) is 6.42 Å². The van der Waals surface area contributed by atoms with Gasteiger partial charge < -0.3 is 5.11 Å². The second kappa shape index (κ2) is 10.7. The molecule has 0 saturated carbocycles. The first kappa shape index (κ1) is 20.9. The lowest BCUT2D eigenvalue weighted by molar-refractivity contribution is 0.0697. The van der Waals surface area contributed by atoms with Crippen LogP contribution in [0.3, 0.4) is 0 Å². The maximum Gasteiger partial charge on any atom is 0.336 e. The van der Waals surface area contributed by atoms with E-state index in [2.05, 4.69) is 19.1 Å². The second-order valence-corrected chi connectivity index (χ2v) is 6.96. The van der Waals surface area contributed by atoms with Crippen LogP contribution in [0, 0.1) is 0 Å². The number of carbonyl (C=O) groups is 1. The predicted octanol–water partition coefficient (Wildman–Crippen LogP) is 7.29. The highest BCUT2D eigenvalue weighted by atomic mass is 19.1. The van der Waals surface area contributed by atoms with Crippen LogP contribution in [0.4, 0.5) is 4.39 Å². The lowest BCUT2D eigenvalue weighted by Crippen LogP contribution is -2.00. The summed E-state index contributed by atoms with van der Waals surface area (Å²) in [5.74, 6) is -1.16. The molecule has 0 heterocycles. The number of carboxylic acid groups (broad SMARTS) is 1. The van der Waals surface area contributed by atoms with Crippen LogP contribution in [0.25, 0.3) is 17.2 Å². The quantitative estimate of drug-likeness (QED) is 0.447. The Morgan fingerprint density at radius 3 is 2.37 bits per heavy atom. The van der Waals surface area contributed by atoms with E-state index in [1.54, 1.807) is 18.2 Å². The zero-order valence-corrected chi connectivity index (χ0v) is 16.3. The molecule has 0 aliphatic rings. The van der Waals surface area contributed by atoms with Gasteiger partial charge in [0, 0.05) is 0 Å². The third-order valence-corrected chi connectivity index (χ3v) is 4.67. The number of aryl methyl sites for hydroxylation is 1. The second-order valence-electron chi connectivity index (χ2n) is 6.96. The van der Waals surface area contributed by atoms with Gasteiger partial charge in [-0.1, -0.05) is 63.4 Å². The van der Waals surface area contributed by atoms with E-state index in [0.717, 1.165) is 18.4 Å². The average Bonchev–Trinajstić information content (AvgIpc) is 2.65. The average molecular weight is 368 g/mol. The minimum absolute atomic E-state index is 0.186. The highest BCUT2D eigenvalue weighted by Gasteiger charge is 2.12. The van der Waals surface area contributed by atoms with Crippen LogP contribution in [0.2, 0.25) is 0 Å². The van der Waals surface area contributed by atoms with E-state index in [0.29, 0.717) is 17.5 Å². The van der Waals surface area contributed by atoms with E-state index >= 15 is 0 Å². The van der Waals surface area contributed by atoms with Crippen LogP contribution in [0.15, 0.2) is 48.3 Å². The summed E-state index contributed by atoms with van der Waals surface area (Å²) in [5, 5.41) is 9.52. The van der Waals surface area contributed by atoms with E-state index < -0.39 is 5.97 Å². The van der Waals surface area contributed by atoms with Gasteiger partial charge in [0.15, 0.2) is 0 Å². The molecule has 144 valence electrons. The fraction of sp³-hybridized carbons (Fsp3) is 0.375. The maximum absolute atomic E-state index is 13.9. The van der Waals surface area contributed by atoms with Crippen molar-refractivity contribution in [2.75, 3.05) is 0 Å². The molecule has 0 fully saturated rings. The Kier molecular flexibility index (Phi) is 8.25. The smallest absolute Gasteiger partial charge is 0.336 e. The molecule has 0 aromatic heterocycles. The molecule has 0 radical (unpaired) electrons. The molecule has 1 N–H and O–H groups in total. The molecular formula is C24H29FO2. The minimum Gasteiger partial charge on any atom is -0.478 e. The Bertz CT molecular complexity index is 775. The van der Waals surface area contributed by atoms with Crippen molar-refractivity contribution >= 4 is 12.0 Å². The molecule has 0 unspecified atom stereocenters. The zero-order valence-electron chi connectivity index (χ0n) is 16.3. The van der Waals surface area contributed by atoms with Crippen LogP contribution in [0.1, 0.15) is 73.9 Å². The molecule has 2 rings (SSSR count). The maximum atomic E-state index is 13.9. The summed E-state index contributed by atoms with van der Waals surface area (Å²) in [7, 11) is 0. The van der Waals surface area contributed by atoms with Gasteiger partial charge in [-0.3, -0.25) is 0 Å². The van der Waals surface area contributed by atoms with Gasteiger partial charge in [0.1, 0.15) is 5.83 Å². The largest absolute Gasteiger partial charge is 0.478 e. The summed E-state index contributed by atoms with van der Waals surface area (Å²) in [5.41, 5.74) is 3.65. The lowest BCUT2D eigenvalue weighted by atomic mass is 9.95. The molecular weight excluding hydrogens is 339 g/mol. The summed E-state index contributed by atoms with van der Waals surface area (Å²) in [6.07, 6.45) is 8.54. The van der Waals surface area contributed by atoms with Crippen LogP contribution >= 0.6 is 0 Å². The Balaban J connectivity index is 2.26. The summed E-state index contributed by atoms with van der Waals surface area (Å²) in [4.78, 5) is 11.6. The van der Waals surface area contributed by atoms with Crippen molar-refractivity contribution in [1.82, 2.24) is 0 Å². The fourth-order valence-corrected chi connectivity index (χ4v) is 3.18. The van der Waals surface area contributed by atoms with E-state index in [1.807, 2.05) is 19.1 Å². The van der Waals surface area contributed by atoms with E-state index in [4.69, 9.17) is 0 Å². The topological polar surface area (TPSA) is 37.3 Å². The number of carboxylic acids is 1. The van der Waals surface area contributed by atoms with E-state index in [1.165, 1.54) is 37.3 Å². The molecule has 0 aliphatic carbocycles. The summed E-state index contributed by atoms with van der Waals surface area (Å²) >= 11 is 0. The van der Waals surface area contributed by atoms with Gasteiger partial charge in [0.25, 0.3) is 0 Å². The van der Waals surface area contributed by atoms with Gasteiger partial charge in [0.05, 0.1) is 5.56 Å². The SMILES string of the molecule is CCCCCCc1ccc(-c2cc(C=C(F)CCC)ccc2C(=O)O)cc1. The molecule has 0 saturated heterocycles. The Hall–Kier alpha value is -2.42. The summed E-state index contributed by atoms with van der Waals surface area (Å²) < 4.78 is 13.9. The molecule has 0 spiro atoms. The first-order valence-electron chi connectivity index (χ1n) is 9.87. The third-order valence-electron chi connectivity index (χ3n) is 4.67. The van der Waals surface area contributed by atoms with Gasteiger partial charge >= 0.3 is 5.97 Å². The molecule has 2 aromatic carbocycles. The van der Waals surface area contributed by atoms with Gasteiger partial charge in [-0.05, 0) is 66.1 Å². The zero-order chi connectivity index (χ0) is 19.6. The van der Waals surface area contributed by atoms with Crippen LogP contribution in [-0.4, -0.2) is 11.1 Å². The standard InChI is InChI=1S/C24H29FO2/c1-3-5-6-7-9-18-10-13-20(14-11-18)23-17-19(16-21(25)8-4-2)12-15-22(23)24(26)27/h10-17H,3-9H2,1-2H3,(H,26,27). The number of hydrogen-bond donors (Lipinski definition) is 1. The van der Waals surface area contributed by atoms with Crippen molar-refractivity contribution < 1.29 is 14.3 Å². The molecule has 0 amide bonds. The molecule has 2 aromatic rings. The summed E-state index contributed by atoms with van der Waals surface area (Å²) in [6, 6.07) is 13.0. The number of benzene rings is 2. The first-order chi connectivity index (χ1) is 13.0. The molecule has 27 heavy (non-hydrogen) atoms. The van der Waals surface area contributed by atoms with Crippen molar-refractivity contribution in [3.8, 4) is 11.1 Å². The van der Waals surface area contributed by atoms with Crippen molar-refractivity contribution in [2.24, 2.45) is 0 Å². The molecule has 0 atom stereocenters. The number of hydrogen-bond acceptors (Lipinski definition) is 1. The number of halogens is 1. The number of unbranched alkanes of at least 4 members (excludes halogenated alkanes) is 3. The minimum atomic E-state index is -0.974. The van der Waals surface area contributed by atoms with Crippen LogP contribution < -0.4 is 0 Å². The molecule has 2 nitrogen and oxygen atoms in total. The molecule has 3 heteroatoms. The number of allylic oxidation sites excluding steroid dienone is 1. The third kappa shape index (κ3) is 6.35. The Labute approximate surface area is 161 Å². The highest BCUT2D eigenvalue weighted by molar-refractivity contribution is 5.96. The summed E-state index contributed by atoms with van der Waals surface area (Å²) in [6.45, 7) is 4.13. The first-order valence-corrected chi connectivity index (χ1v) is 9.87. The predicted molar refractivity (Wildman–Crippen MR) is 111 cm³/mol. The fourth-order valence-electron chi connectivity index (χ4n) is 3.18. The normalized spacial score (nSPS) is 11.6. The van der Waals surface area contributed by atoms with E-state index in [-0.39, 0.29) is 11.4 Å². The number of aromatic carboxylic acids is 1. The van der Waals surface area contributed by atoms with Gasteiger partial charge in [0.2, 0.25) is 0 Å². The molecule has 0 aliphatic heterocycles. The highest BCUT2D eigenvalue weighted by Crippen LogP contribution is 2.27. The van der Waals surface area contributed by atoms with Crippen molar-refractivity contribution in [3.05, 3.63) is 65.0 Å². The van der Waals surface area contributed by atoms with Crippen molar-refractivity contribution in [1.29, 1.82) is 0 Å². The molecule has 0 bridgehead atoms. The lowest BCUT2D eigenvalue weighted by Gasteiger charge is -2.09. The van der Waals surface area contributed by atoms with Crippen molar-refractivity contribution in [2.45, 2.75) is 58.8 Å². The van der Waals surface area contributed by atoms with Gasteiger partial charge in [-0.15, -0.1) is 0 Å². The van der Waals surface area contributed by atoms with Crippen molar-refractivity contribution in [3.63, 3.8) is 0 Å². The van der Waals surface area contributed by atoms with Gasteiger partial charge in [-0.25, -0.2) is 9.18 Å². The Morgan fingerprint density at radius 2 is 1.74 bits per heavy atom. The number of rotatable bonds is 10. The van der Waals surface area contributed by atoms with Crippen LogP contribution in [0.5, 0.6) is 0 Å². The Morgan fingerprint density at radius 1 is 1.00 bits per heavy atom. The van der Waals surface area contributed by atoms with E-state index in [9.17, 15) is 14.3 Å².